The number of carbonyl (C=O) groups is 3. The third-order valence-electron chi connectivity index (χ3n) is 27.9. The molecule has 0 aromatic carbocycles. The lowest BCUT2D eigenvalue weighted by molar-refractivity contribution is -0.121. The van der Waals surface area contributed by atoms with Gasteiger partial charge < -0.3 is 67.2 Å². The Hall–Kier alpha value is -1.99. The van der Waals surface area contributed by atoms with Gasteiger partial charge in [-0.05, 0) is 123 Å². The molecule has 796 valence electrons. The first-order valence-corrected chi connectivity index (χ1v) is 60.3. The monoisotopic (exact) mass is 1880 g/mol. The molecule has 0 rings (SSSR count). The van der Waals surface area contributed by atoms with E-state index in [0.717, 1.165) is 117 Å². The molecule has 0 saturated heterocycles. The Morgan fingerprint density at radius 1 is 0.173 bits per heavy atom. The third-order valence-corrected chi connectivity index (χ3v) is 27.9. The summed E-state index contributed by atoms with van der Waals surface area (Å²) in [7, 11) is 0. The minimum absolute atomic E-state index is 0.0192. The molecule has 3 unspecified atom stereocenters. The zero-order valence-electron chi connectivity index (χ0n) is 91.2. The highest BCUT2D eigenvalue weighted by molar-refractivity contribution is 5.78. The number of hydrogen-bond donors (Lipinski definition) is 10. The zero-order chi connectivity index (χ0) is 96.7. The van der Waals surface area contributed by atoms with E-state index in [0.29, 0.717) is 45.8 Å². The van der Waals surface area contributed by atoms with Crippen molar-refractivity contribution in [2.75, 3.05) is 131 Å². The highest BCUT2D eigenvalue weighted by Gasteiger charge is 2.18. The first-order valence-electron chi connectivity index (χ1n) is 60.3. The standard InChI is InChI=1S/C66H136N6O4.C51H106N4O2/c1-5-9-13-17-21-25-29-31-35-39-43-47-53-71(61-63(73)57-67-59-65(75)69-51-45-41-37-33-27-23-19-15-11-7-3)55-49-50-56-72(54-48-44-40-36-32-30-26-22-18-14-10-6-2)62-64(74)58-68-60-66(76)70-52-46-42-38-34-28-24-20-16-12-8-4;1-4-7-10-13-16-19-22-25-28-31-34-37-42-52-43-39-41-46-55(45-40-36-33-30-27-24-21-18-15-12-9-6-3)49-50(56)47-53-48-51(57)54-44-38-35-32-29-26-23-20-17-14-11-8-5-2/h63-64,67-68,73-74H,5-62H2,1-4H3,(H,69,75)(H,70,76);50,52-53,56H,4-49H2,1-3H3,(H,54,57). The van der Waals surface area contributed by atoms with Crippen molar-refractivity contribution in [3.05, 3.63) is 0 Å². The Morgan fingerprint density at radius 3 is 0.474 bits per heavy atom. The predicted octanol–water partition coefficient (Wildman–Crippen LogP) is 29.6. The average molecular weight is 1890 g/mol. The van der Waals surface area contributed by atoms with Gasteiger partial charge in [-0.3, -0.25) is 14.4 Å². The average Bonchev–Trinajstić information content (AvgIpc) is 0.966. The lowest BCUT2D eigenvalue weighted by atomic mass is 10.1. The zero-order valence-corrected chi connectivity index (χ0v) is 91.2. The number of hydrogen-bond acceptors (Lipinski definition) is 13. The molecule has 0 radical (unpaired) electrons. The number of nitrogens with zero attached hydrogens (tertiary/aromatic N) is 3. The quantitative estimate of drug-likeness (QED) is 0.0258. The molecule has 0 aliphatic heterocycles. The summed E-state index contributed by atoms with van der Waals surface area (Å²) in [6, 6.07) is 0. The van der Waals surface area contributed by atoms with Gasteiger partial charge in [-0.15, -0.1) is 0 Å². The minimum atomic E-state index is -0.529. The van der Waals surface area contributed by atoms with Crippen molar-refractivity contribution in [3.63, 3.8) is 0 Å². The number of carbonyl (C=O) groups excluding carboxylic acids is 3. The minimum Gasteiger partial charge on any atom is -0.390 e. The fraction of sp³-hybridized carbons (Fsp3) is 0.974. The highest BCUT2D eigenvalue weighted by atomic mass is 16.3. The van der Waals surface area contributed by atoms with Crippen LogP contribution in [0.3, 0.4) is 0 Å². The number of amides is 3. The second kappa shape index (κ2) is 117. The van der Waals surface area contributed by atoms with E-state index in [2.05, 4.69) is 100 Å². The van der Waals surface area contributed by atoms with E-state index < -0.39 is 18.3 Å². The van der Waals surface area contributed by atoms with E-state index >= 15 is 0 Å². The van der Waals surface area contributed by atoms with Crippen LogP contribution >= 0.6 is 0 Å². The van der Waals surface area contributed by atoms with Crippen LogP contribution in [0.4, 0.5) is 0 Å². The molecular formula is C117H242N10O6. The Labute approximate surface area is 831 Å². The maximum absolute atomic E-state index is 12.6. The summed E-state index contributed by atoms with van der Waals surface area (Å²) in [6.45, 7) is 30.5. The summed E-state index contributed by atoms with van der Waals surface area (Å²) in [5.74, 6) is 0.0890. The van der Waals surface area contributed by atoms with Gasteiger partial charge >= 0.3 is 0 Å². The van der Waals surface area contributed by atoms with Crippen molar-refractivity contribution in [2.45, 2.75) is 606 Å². The fourth-order valence-corrected chi connectivity index (χ4v) is 19.1. The number of aliphatic hydroxyl groups excluding tert-OH is 3. The van der Waals surface area contributed by atoms with Crippen molar-refractivity contribution in [2.24, 2.45) is 0 Å². The number of unbranched alkanes of at least 4 members (excludes halogenated alkanes) is 75. The second-order valence-corrected chi connectivity index (χ2v) is 41.8. The van der Waals surface area contributed by atoms with Crippen molar-refractivity contribution >= 4 is 17.7 Å². The van der Waals surface area contributed by atoms with Crippen molar-refractivity contribution in [3.8, 4) is 0 Å². The van der Waals surface area contributed by atoms with Crippen LogP contribution in [0, 0.1) is 0 Å². The lowest BCUT2D eigenvalue weighted by Crippen LogP contribution is -2.43. The van der Waals surface area contributed by atoms with Crippen LogP contribution in [0.15, 0.2) is 0 Å². The molecular weight excluding hydrogens is 1640 g/mol. The molecule has 0 heterocycles. The normalized spacial score (nSPS) is 12.4. The maximum atomic E-state index is 12.6. The van der Waals surface area contributed by atoms with E-state index in [1.54, 1.807) is 0 Å². The van der Waals surface area contributed by atoms with Crippen molar-refractivity contribution in [1.29, 1.82) is 0 Å². The Balaban J connectivity index is 0. The maximum Gasteiger partial charge on any atom is 0.233 e. The number of aliphatic hydroxyl groups is 3. The van der Waals surface area contributed by atoms with Crippen LogP contribution in [0.5, 0.6) is 0 Å². The molecule has 0 aliphatic rings. The summed E-state index contributed by atoms with van der Waals surface area (Å²) >= 11 is 0. The summed E-state index contributed by atoms with van der Waals surface area (Å²) in [5.41, 5.74) is 0. The van der Waals surface area contributed by atoms with Gasteiger partial charge in [0.05, 0.1) is 37.9 Å². The van der Waals surface area contributed by atoms with Crippen molar-refractivity contribution in [1.82, 2.24) is 51.9 Å². The summed E-state index contributed by atoms with van der Waals surface area (Å²) in [4.78, 5) is 45.0. The first-order chi connectivity index (χ1) is 65.5. The predicted molar refractivity (Wildman–Crippen MR) is 585 cm³/mol. The van der Waals surface area contributed by atoms with E-state index in [-0.39, 0.29) is 30.8 Å². The van der Waals surface area contributed by atoms with Crippen molar-refractivity contribution < 1.29 is 29.7 Å². The fourth-order valence-electron chi connectivity index (χ4n) is 19.1. The van der Waals surface area contributed by atoms with Crippen LogP contribution in [0.25, 0.3) is 0 Å². The molecule has 0 aromatic heterocycles. The van der Waals surface area contributed by atoms with Gasteiger partial charge in [0.15, 0.2) is 0 Å². The van der Waals surface area contributed by atoms with Gasteiger partial charge in [-0.1, -0.05) is 517 Å². The molecule has 0 aromatic rings. The SMILES string of the molecule is CCCCCCCCCCCCCCN(CCCCN(CCCCCCCCCCCCCC)CC(O)CNCC(=O)NCCCCCCCCCCCC)CC(O)CNCC(=O)NCCCCCCCCCCCC.CCCCCCCCCCCCCCNCCCCN(CCCCCCCCCCCCCC)CC(O)CNCC(=O)NCCCCCCCCCCCCCC. The smallest absolute Gasteiger partial charge is 0.233 e. The van der Waals surface area contributed by atoms with Gasteiger partial charge in [0, 0.05) is 58.9 Å². The van der Waals surface area contributed by atoms with E-state index in [9.17, 15) is 29.7 Å². The van der Waals surface area contributed by atoms with Crippen LogP contribution in [0.1, 0.15) is 588 Å². The Kier molecular flexibility index (Phi) is 117. The molecule has 16 heteroatoms. The van der Waals surface area contributed by atoms with E-state index in [4.69, 9.17) is 0 Å². The van der Waals surface area contributed by atoms with Crippen LogP contribution in [0.2, 0.25) is 0 Å². The first kappa shape index (κ1) is 133. The number of rotatable bonds is 115. The molecule has 0 saturated carbocycles. The molecule has 0 fully saturated rings. The summed E-state index contributed by atoms with van der Waals surface area (Å²) in [6.07, 6.45) is 110. The van der Waals surface area contributed by atoms with Gasteiger partial charge in [0.2, 0.25) is 17.7 Å². The summed E-state index contributed by atoms with van der Waals surface area (Å²) < 4.78 is 0. The second-order valence-electron chi connectivity index (χ2n) is 41.8. The molecule has 0 spiro atoms. The van der Waals surface area contributed by atoms with Crippen LogP contribution < -0.4 is 37.2 Å². The van der Waals surface area contributed by atoms with Gasteiger partial charge in [0.1, 0.15) is 0 Å². The topological polar surface area (TPSA) is 206 Å². The largest absolute Gasteiger partial charge is 0.390 e. The van der Waals surface area contributed by atoms with Gasteiger partial charge in [-0.2, -0.15) is 0 Å². The van der Waals surface area contributed by atoms with Gasteiger partial charge in [-0.25, -0.2) is 0 Å². The molecule has 3 amide bonds. The third kappa shape index (κ3) is 113. The Bertz CT molecular complexity index is 2100. The van der Waals surface area contributed by atoms with E-state index in [1.807, 2.05) is 0 Å². The number of nitrogens with one attached hydrogen (secondary N) is 7. The molecule has 0 aliphatic carbocycles. The summed E-state index contributed by atoms with van der Waals surface area (Å²) in [5, 5.41) is 56.0. The van der Waals surface area contributed by atoms with Crippen LogP contribution in [-0.4, -0.2) is 197 Å². The Morgan fingerprint density at radius 2 is 0.301 bits per heavy atom. The van der Waals surface area contributed by atoms with E-state index in [1.165, 1.54) is 494 Å². The highest BCUT2D eigenvalue weighted by Crippen LogP contribution is 2.21. The molecule has 133 heavy (non-hydrogen) atoms. The molecule has 16 nitrogen and oxygen atoms in total. The van der Waals surface area contributed by atoms with Crippen LogP contribution in [-0.2, 0) is 14.4 Å². The molecule has 0 bridgehead atoms. The lowest BCUT2D eigenvalue weighted by Gasteiger charge is -2.27. The van der Waals surface area contributed by atoms with Gasteiger partial charge in [0.25, 0.3) is 0 Å². The molecule has 10 N–H and O–H groups in total. The molecule has 3 atom stereocenters.